The van der Waals surface area contributed by atoms with E-state index in [2.05, 4.69) is 42.3 Å². The fourth-order valence-electron chi connectivity index (χ4n) is 5.20. The molecule has 0 aliphatic carbocycles. The molecule has 0 unspecified atom stereocenters. The Hall–Kier alpha value is -0.790. The molecule has 0 aliphatic heterocycles. The molecule has 33 heavy (non-hydrogen) atoms. The average Bonchev–Trinajstić information content (AvgIpc) is 3.22. The molecular weight excluding hydrogens is 400 g/mol. The number of nitrogens with zero attached hydrogens (tertiary/aromatic N) is 2. The van der Waals surface area contributed by atoms with Gasteiger partial charge in [0, 0.05) is 6.42 Å². The standard InChI is InChI=1S/C31H61N2/c1-4-7-9-11-13-14-15-16-17-18-19-20-22-24-26-28-33-30-29-32(31(33)6-3)27-25-23-21-12-10-8-5-2/h29-30H,4-28H2,1-3H3/q+1. The van der Waals surface area contributed by atoms with E-state index in [0.717, 1.165) is 6.42 Å². The number of rotatable bonds is 25. The average molecular weight is 462 g/mol. The second kappa shape index (κ2) is 23.0. The van der Waals surface area contributed by atoms with Gasteiger partial charge >= 0.3 is 0 Å². The number of aryl methyl sites for hydroxylation is 2. The summed E-state index contributed by atoms with van der Waals surface area (Å²) in [5, 5.41) is 0. The summed E-state index contributed by atoms with van der Waals surface area (Å²) < 4.78 is 5.06. The molecule has 0 fully saturated rings. The fourth-order valence-corrected chi connectivity index (χ4v) is 5.20. The molecule has 1 heterocycles. The maximum atomic E-state index is 2.53. The Morgan fingerprint density at radius 2 is 0.909 bits per heavy atom. The summed E-state index contributed by atoms with van der Waals surface area (Å²) in [6.45, 7) is 9.35. The van der Waals surface area contributed by atoms with Gasteiger partial charge < -0.3 is 0 Å². The van der Waals surface area contributed by atoms with Crippen LogP contribution in [0.15, 0.2) is 12.4 Å². The Labute approximate surface area is 208 Å². The zero-order valence-electron chi connectivity index (χ0n) is 23.2. The van der Waals surface area contributed by atoms with Crippen LogP contribution in [0.3, 0.4) is 0 Å². The summed E-state index contributed by atoms with van der Waals surface area (Å²) in [5.74, 6) is 1.53. The third kappa shape index (κ3) is 16.5. The molecule has 0 aliphatic rings. The van der Waals surface area contributed by atoms with Gasteiger partial charge in [-0.05, 0) is 25.7 Å². The first-order chi connectivity index (χ1) is 16.3. The minimum absolute atomic E-state index is 1.16. The highest BCUT2D eigenvalue weighted by molar-refractivity contribution is 4.83. The van der Waals surface area contributed by atoms with Gasteiger partial charge in [-0.3, -0.25) is 0 Å². The summed E-state index contributed by atoms with van der Waals surface area (Å²) in [4.78, 5) is 0. The van der Waals surface area contributed by atoms with E-state index >= 15 is 0 Å². The van der Waals surface area contributed by atoms with Crippen molar-refractivity contribution in [3.8, 4) is 0 Å². The van der Waals surface area contributed by atoms with Crippen molar-refractivity contribution in [3.05, 3.63) is 18.2 Å². The van der Waals surface area contributed by atoms with Crippen LogP contribution >= 0.6 is 0 Å². The Kier molecular flexibility index (Phi) is 21.1. The monoisotopic (exact) mass is 461 g/mol. The van der Waals surface area contributed by atoms with Gasteiger partial charge in [0.05, 0.1) is 13.1 Å². The van der Waals surface area contributed by atoms with E-state index in [1.54, 1.807) is 0 Å². The van der Waals surface area contributed by atoms with Crippen LogP contribution in [0, 0.1) is 0 Å². The first-order valence-electron chi connectivity index (χ1n) is 15.4. The number of aromatic nitrogens is 2. The second-order valence-corrected chi connectivity index (χ2v) is 10.5. The molecule has 0 amide bonds. The van der Waals surface area contributed by atoms with Crippen LogP contribution in [0.5, 0.6) is 0 Å². The maximum absolute atomic E-state index is 2.53. The Balaban J connectivity index is 1.98. The Morgan fingerprint density at radius 3 is 1.33 bits per heavy atom. The predicted octanol–water partition coefficient (Wildman–Crippen LogP) is 9.96. The number of hydrogen-bond donors (Lipinski definition) is 0. The third-order valence-corrected chi connectivity index (χ3v) is 7.41. The number of hydrogen-bond acceptors (Lipinski definition) is 0. The maximum Gasteiger partial charge on any atom is 0.256 e. The molecule has 0 aromatic carbocycles. The lowest BCUT2D eigenvalue weighted by molar-refractivity contribution is -0.704. The molecule has 0 saturated carbocycles. The van der Waals surface area contributed by atoms with Crippen LogP contribution in [0.1, 0.15) is 168 Å². The lowest BCUT2D eigenvalue weighted by atomic mass is 10.0. The van der Waals surface area contributed by atoms with Crippen LogP contribution in [0.25, 0.3) is 0 Å². The van der Waals surface area contributed by atoms with Crippen molar-refractivity contribution >= 4 is 0 Å². The van der Waals surface area contributed by atoms with Crippen molar-refractivity contribution in [2.24, 2.45) is 0 Å². The molecular formula is C31H61N2+. The third-order valence-electron chi connectivity index (χ3n) is 7.41. The first-order valence-corrected chi connectivity index (χ1v) is 15.4. The lowest BCUT2D eigenvalue weighted by Crippen LogP contribution is -2.37. The van der Waals surface area contributed by atoms with Crippen molar-refractivity contribution in [3.63, 3.8) is 0 Å². The second-order valence-electron chi connectivity index (χ2n) is 10.5. The van der Waals surface area contributed by atoms with E-state index < -0.39 is 0 Å². The highest BCUT2D eigenvalue weighted by Gasteiger charge is 2.14. The molecule has 0 bridgehead atoms. The molecule has 1 rings (SSSR count). The Bertz CT molecular complexity index is 519. The summed E-state index contributed by atoms with van der Waals surface area (Å²) >= 11 is 0. The van der Waals surface area contributed by atoms with Crippen molar-refractivity contribution in [2.75, 3.05) is 0 Å². The van der Waals surface area contributed by atoms with Crippen molar-refractivity contribution in [1.29, 1.82) is 0 Å². The van der Waals surface area contributed by atoms with E-state index in [4.69, 9.17) is 0 Å². The molecule has 1 aromatic rings. The first kappa shape index (κ1) is 30.2. The Morgan fingerprint density at radius 1 is 0.515 bits per heavy atom. The molecule has 1 aromatic heterocycles. The molecule has 0 saturated heterocycles. The van der Waals surface area contributed by atoms with Crippen LogP contribution in [0.2, 0.25) is 0 Å². The van der Waals surface area contributed by atoms with Gasteiger partial charge in [0.15, 0.2) is 0 Å². The van der Waals surface area contributed by atoms with Crippen molar-refractivity contribution in [1.82, 2.24) is 4.57 Å². The normalized spacial score (nSPS) is 11.5. The molecule has 2 heteroatoms. The smallest absolute Gasteiger partial charge is 0.234 e. The lowest BCUT2D eigenvalue weighted by Gasteiger charge is -2.05. The molecule has 0 N–H and O–H groups in total. The van der Waals surface area contributed by atoms with Gasteiger partial charge in [0.1, 0.15) is 12.4 Å². The topological polar surface area (TPSA) is 8.81 Å². The zero-order chi connectivity index (χ0) is 23.8. The van der Waals surface area contributed by atoms with Gasteiger partial charge in [0.25, 0.3) is 5.82 Å². The molecule has 0 radical (unpaired) electrons. The van der Waals surface area contributed by atoms with E-state index in [1.165, 1.54) is 160 Å². The van der Waals surface area contributed by atoms with E-state index in [-0.39, 0.29) is 0 Å². The number of imidazole rings is 1. The van der Waals surface area contributed by atoms with Crippen LogP contribution in [0.4, 0.5) is 0 Å². The van der Waals surface area contributed by atoms with E-state index in [9.17, 15) is 0 Å². The van der Waals surface area contributed by atoms with E-state index in [0.29, 0.717) is 0 Å². The minimum Gasteiger partial charge on any atom is -0.234 e. The highest BCUT2D eigenvalue weighted by atomic mass is 15.1. The van der Waals surface area contributed by atoms with E-state index in [1.807, 2.05) is 0 Å². The molecule has 194 valence electrons. The zero-order valence-corrected chi connectivity index (χ0v) is 23.2. The van der Waals surface area contributed by atoms with Gasteiger partial charge in [0.2, 0.25) is 0 Å². The van der Waals surface area contributed by atoms with Gasteiger partial charge in [-0.1, -0.05) is 136 Å². The van der Waals surface area contributed by atoms with Crippen molar-refractivity contribution < 1.29 is 4.57 Å². The number of unbranched alkanes of at least 4 members (excludes halogenated alkanes) is 20. The van der Waals surface area contributed by atoms with Gasteiger partial charge in [-0.25, -0.2) is 9.13 Å². The van der Waals surface area contributed by atoms with Crippen LogP contribution in [-0.4, -0.2) is 4.57 Å². The minimum atomic E-state index is 1.16. The molecule has 0 spiro atoms. The largest absolute Gasteiger partial charge is 0.256 e. The predicted molar refractivity (Wildman–Crippen MR) is 147 cm³/mol. The summed E-state index contributed by atoms with van der Waals surface area (Å²) in [7, 11) is 0. The summed E-state index contributed by atoms with van der Waals surface area (Å²) in [6, 6.07) is 0. The molecule has 0 atom stereocenters. The molecule has 2 nitrogen and oxygen atoms in total. The fraction of sp³-hybridized carbons (Fsp3) is 0.903. The van der Waals surface area contributed by atoms with Crippen LogP contribution < -0.4 is 4.57 Å². The quantitative estimate of drug-likeness (QED) is 0.101. The highest BCUT2D eigenvalue weighted by Crippen LogP contribution is 2.14. The van der Waals surface area contributed by atoms with Gasteiger partial charge in [-0.2, -0.15) is 0 Å². The summed E-state index contributed by atoms with van der Waals surface area (Å²) in [6.07, 6.45) is 37.2. The van der Waals surface area contributed by atoms with Crippen molar-refractivity contribution in [2.45, 2.75) is 182 Å². The SMILES string of the molecule is CCCCCCCCCCCCCCCCCn1cc[n+](CCCCCCCCC)c1CC. The summed E-state index contributed by atoms with van der Waals surface area (Å²) in [5.41, 5.74) is 0. The van der Waals surface area contributed by atoms with Gasteiger partial charge in [-0.15, -0.1) is 0 Å². The van der Waals surface area contributed by atoms with Crippen LogP contribution in [-0.2, 0) is 19.5 Å².